The molecule has 0 bridgehead atoms. The summed E-state index contributed by atoms with van der Waals surface area (Å²) in [5, 5.41) is 11.3. The summed E-state index contributed by atoms with van der Waals surface area (Å²) in [6.45, 7) is 1.39. The molecule has 0 heterocycles. The fraction of sp³-hybridized carbons (Fsp3) is 0.263. The molecule has 0 aliphatic rings. The Balaban J connectivity index is 2.27. The molecular weight excluding hydrogens is 370 g/mol. The standard InChI is InChI=1S/C19H19NO8/c1-11(18(21)12-5-7-13(25-2)8-6-12)28-19(22)14-9-16(26-3)17(27-4)10-15(14)20(23)24/h5-11H,1-4H3/t11-/m0/s1. The van der Waals surface area contributed by atoms with Gasteiger partial charge in [0.15, 0.2) is 17.6 Å². The normalized spacial score (nSPS) is 11.3. The molecule has 0 aromatic heterocycles. The molecule has 2 aromatic rings. The highest BCUT2D eigenvalue weighted by Crippen LogP contribution is 2.35. The van der Waals surface area contributed by atoms with E-state index in [0.29, 0.717) is 11.3 Å². The summed E-state index contributed by atoms with van der Waals surface area (Å²) in [6.07, 6.45) is -1.16. The predicted octanol–water partition coefficient (Wildman–Crippen LogP) is 3.05. The van der Waals surface area contributed by atoms with Gasteiger partial charge in [-0.3, -0.25) is 14.9 Å². The minimum Gasteiger partial charge on any atom is -0.497 e. The number of benzene rings is 2. The Hall–Kier alpha value is -3.62. The van der Waals surface area contributed by atoms with Crippen LogP contribution in [0.25, 0.3) is 0 Å². The fourth-order valence-electron chi connectivity index (χ4n) is 2.45. The second-order valence-corrected chi connectivity index (χ2v) is 5.62. The van der Waals surface area contributed by atoms with E-state index in [9.17, 15) is 19.7 Å². The zero-order chi connectivity index (χ0) is 20.8. The van der Waals surface area contributed by atoms with E-state index in [-0.39, 0.29) is 17.1 Å². The van der Waals surface area contributed by atoms with Crippen molar-refractivity contribution in [1.29, 1.82) is 0 Å². The van der Waals surface area contributed by atoms with Crippen LogP contribution in [0.2, 0.25) is 0 Å². The van der Waals surface area contributed by atoms with Crippen LogP contribution in [0, 0.1) is 10.1 Å². The van der Waals surface area contributed by atoms with Gasteiger partial charge in [0, 0.05) is 11.6 Å². The van der Waals surface area contributed by atoms with Crippen LogP contribution in [-0.4, -0.2) is 44.1 Å². The number of hydrogen-bond acceptors (Lipinski definition) is 8. The van der Waals surface area contributed by atoms with E-state index in [1.165, 1.54) is 40.4 Å². The number of ether oxygens (including phenoxy) is 4. The molecule has 0 fully saturated rings. The lowest BCUT2D eigenvalue weighted by Crippen LogP contribution is -2.25. The Labute approximate surface area is 160 Å². The Morgan fingerprint density at radius 3 is 2.04 bits per heavy atom. The molecule has 9 heteroatoms. The molecule has 0 radical (unpaired) electrons. The van der Waals surface area contributed by atoms with E-state index in [1.54, 1.807) is 12.1 Å². The van der Waals surface area contributed by atoms with Crippen molar-refractivity contribution in [2.24, 2.45) is 0 Å². The second kappa shape index (κ2) is 8.85. The first-order valence-electron chi connectivity index (χ1n) is 8.12. The van der Waals surface area contributed by atoms with Crippen molar-refractivity contribution >= 4 is 17.4 Å². The van der Waals surface area contributed by atoms with Gasteiger partial charge in [0.05, 0.1) is 32.3 Å². The maximum atomic E-state index is 12.5. The van der Waals surface area contributed by atoms with Crippen LogP contribution < -0.4 is 14.2 Å². The van der Waals surface area contributed by atoms with Gasteiger partial charge in [0.2, 0.25) is 5.78 Å². The van der Waals surface area contributed by atoms with Crippen molar-refractivity contribution in [3.05, 3.63) is 57.6 Å². The van der Waals surface area contributed by atoms with Crippen LogP contribution in [0.4, 0.5) is 5.69 Å². The van der Waals surface area contributed by atoms with Gasteiger partial charge in [-0.1, -0.05) is 0 Å². The summed E-state index contributed by atoms with van der Waals surface area (Å²) in [5.41, 5.74) is -0.563. The molecule has 0 amide bonds. The van der Waals surface area contributed by atoms with Gasteiger partial charge in [-0.2, -0.15) is 0 Å². The first-order chi connectivity index (χ1) is 13.3. The molecule has 0 saturated heterocycles. The molecule has 9 nitrogen and oxygen atoms in total. The molecule has 2 rings (SSSR count). The van der Waals surface area contributed by atoms with Gasteiger partial charge in [0.25, 0.3) is 5.69 Å². The van der Waals surface area contributed by atoms with Gasteiger partial charge in [-0.15, -0.1) is 0 Å². The lowest BCUT2D eigenvalue weighted by atomic mass is 10.1. The smallest absolute Gasteiger partial charge is 0.346 e. The summed E-state index contributed by atoms with van der Waals surface area (Å²) in [4.78, 5) is 35.5. The van der Waals surface area contributed by atoms with Gasteiger partial charge >= 0.3 is 5.97 Å². The molecule has 0 spiro atoms. The molecule has 28 heavy (non-hydrogen) atoms. The second-order valence-electron chi connectivity index (χ2n) is 5.62. The highest BCUT2D eigenvalue weighted by atomic mass is 16.6. The Bertz CT molecular complexity index is 892. The van der Waals surface area contributed by atoms with E-state index in [4.69, 9.17) is 18.9 Å². The number of ketones is 1. The van der Waals surface area contributed by atoms with Crippen molar-refractivity contribution in [1.82, 2.24) is 0 Å². The first kappa shape index (κ1) is 20.7. The van der Waals surface area contributed by atoms with Crippen LogP contribution in [0.1, 0.15) is 27.6 Å². The minimum absolute atomic E-state index is 0.0908. The highest BCUT2D eigenvalue weighted by molar-refractivity contribution is 6.02. The Morgan fingerprint density at radius 2 is 1.54 bits per heavy atom. The quantitative estimate of drug-likeness (QED) is 0.293. The third-order valence-corrected chi connectivity index (χ3v) is 3.95. The van der Waals surface area contributed by atoms with Gasteiger partial charge in [-0.25, -0.2) is 4.79 Å². The SMILES string of the molecule is COc1ccc(C(=O)[C@H](C)OC(=O)c2cc(OC)c(OC)cc2[N+](=O)[O-])cc1. The number of carbonyl (C=O) groups excluding carboxylic acids is 2. The third kappa shape index (κ3) is 4.37. The van der Waals surface area contributed by atoms with Gasteiger partial charge < -0.3 is 18.9 Å². The highest BCUT2D eigenvalue weighted by Gasteiger charge is 2.28. The van der Waals surface area contributed by atoms with Crippen LogP contribution in [0.15, 0.2) is 36.4 Å². The van der Waals surface area contributed by atoms with Crippen molar-refractivity contribution < 1.29 is 33.5 Å². The molecule has 1 atom stereocenters. The number of carbonyl (C=O) groups is 2. The first-order valence-corrected chi connectivity index (χ1v) is 8.12. The maximum absolute atomic E-state index is 12.5. The summed E-state index contributed by atoms with van der Waals surface area (Å²) in [6, 6.07) is 8.46. The van der Waals surface area contributed by atoms with E-state index < -0.39 is 28.5 Å². The van der Waals surface area contributed by atoms with Crippen LogP contribution in [0.3, 0.4) is 0 Å². The lowest BCUT2D eigenvalue weighted by molar-refractivity contribution is -0.385. The number of nitro benzene ring substituents is 1. The van der Waals surface area contributed by atoms with Gasteiger partial charge in [0.1, 0.15) is 11.3 Å². The number of rotatable bonds is 8. The summed E-state index contributed by atoms with van der Waals surface area (Å²) in [5.74, 6) is -0.703. The Morgan fingerprint density at radius 1 is 0.964 bits per heavy atom. The molecule has 2 aromatic carbocycles. The van der Waals surface area contributed by atoms with Crippen LogP contribution in [-0.2, 0) is 4.74 Å². The number of nitro groups is 1. The molecule has 0 aliphatic carbocycles. The van der Waals surface area contributed by atoms with E-state index in [2.05, 4.69) is 0 Å². The summed E-state index contributed by atoms with van der Waals surface area (Å²) >= 11 is 0. The fourth-order valence-corrected chi connectivity index (χ4v) is 2.45. The molecule has 0 saturated carbocycles. The van der Waals surface area contributed by atoms with Crippen molar-refractivity contribution in [2.45, 2.75) is 13.0 Å². The van der Waals surface area contributed by atoms with E-state index in [0.717, 1.165) is 12.1 Å². The molecule has 148 valence electrons. The topological polar surface area (TPSA) is 114 Å². The largest absolute Gasteiger partial charge is 0.497 e. The number of hydrogen-bond donors (Lipinski definition) is 0. The van der Waals surface area contributed by atoms with Crippen molar-refractivity contribution in [3.8, 4) is 17.2 Å². The predicted molar refractivity (Wildman–Crippen MR) is 98.4 cm³/mol. The van der Waals surface area contributed by atoms with Crippen LogP contribution in [0.5, 0.6) is 17.2 Å². The van der Waals surface area contributed by atoms with Gasteiger partial charge in [-0.05, 0) is 31.2 Å². The maximum Gasteiger partial charge on any atom is 0.346 e. The number of methoxy groups -OCH3 is 3. The number of Topliss-reactive ketones (excluding diaryl/α,β-unsaturated/α-hetero) is 1. The average molecular weight is 389 g/mol. The Kier molecular flexibility index (Phi) is 6.54. The zero-order valence-corrected chi connectivity index (χ0v) is 15.8. The minimum atomic E-state index is -1.16. The number of nitrogens with zero attached hydrogens (tertiary/aromatic N) is 1. The van der Waals surface area contributed by atoms with Crippen molar-refractivity contribution in [3.63, 3.8) is 0 Å². The monoisotopic (exact) mass is 389 g/mol. The van der Waals surface area contributed by atoms with Crippen molar-refractivity contribution in [2.75, 3.05) is 21.3 Å². The lowest BCUT2D eigenvalue weighted by Gasteiger charge is -2.14. The number of esters is 1. The molecular formula is C19H19NO8. The average Bonchev–Trinajstić information content (AvgIpc) is 2.71. The van der Waals surface area contributed by atoms with Crippen LogP contribution >= 0.6 is 0 Å². The van der Waals surface area contributed by atoms with E-state index >= 15 is 0 Å². The molecule has 0 N–H and O–H groups in total. The summed E-state index contributed by atoms with van der Waals surface area (Å²) < 4.78 is 20.3. The molecule has 0 aliphatic heterocycles. The van der Waals surface area contributed by atoms with E-state index in [1.807, 2.05) is 0 Å². The summed E-state index contributed by atoms with van der Waals surface area (Å²) in [7, 11) is 4.14. The third-order valence-electron chi connectivity index (χ3n) is 3.95. The molecule has 0 unspecified atom stereocenters. The zero-order valence-electron chi connectivity index (χ0n) is 15.8.